The molecule has 9 heteroatoms. The number of nitrogens with zero attached hydrogens (tertiary/aromatic N) is 3. The topological polar surface area (TPSA) is 116 Å². The van der Waals surface area contributed by atoms with E-state index in [1.54, 1.807) is 14.0 Å². The average molecular weight is 486 g/mol. The van der Waals surface area contributed by atoms with E-state index in [2.05, 4.69) is 9.88 Å². The Kier molecular flexibility index (Phi) is 7.21. The van der Waals surface area contributed by atoms with Crippen molar-refractivity contribution in [2.45, 2.75) is 45.0 Å². The maximum atomic E-state index is 12.6. The number of aryl methyl sites for hydroxylation is 1. The van der Waals surface area contributed by atoms with E-state index in [1.165, 1.54) is 4.90 Å². The van der Waals surface area contributed by atoms with Crippen LogP contribution >= 0.6 is 0 Å². The molecule has 4 unspecified atom stereocenters. The minimum absolute atomic E-state index is 0.0215. The highest BCUT2D eigenvalue weighted by molar-refractivity contribution is 5.81. The Bertz CT molecular complexity index is 1040. The van der Waals surface area contributed by atoms with Crippen LogP contribution in [-0.2, 0) is 4.79 Å². The first kappa shape index (κ1) is 25.2. The van der Waals surface area contributed by atoms with Crippen LogP contribution in [0.5, 0.6) is 11.5 Å². The van der Waals surface area contributed by atoms with Crippen LogP contribution in [0.4, 0.5) is 5.82 Å². The molecule has 2 fully saturated rings. The third kappa shape index (κ3) is 4.94. The number of ether oxygens (including phenoxy) is 2. The van der Waals surface area contributed by atoms with Gasteiger partial charge in [0.25, 0.3) is 5.91 Å². The normalized spacial score (nSPS) is 24.1. The second kappa shape index (κ2) is 10.0. The van der Waals surface area contributed by atoms with Gasteiger partial charge in [-0.15, -0.1) is 0 Å². The van der Waals surface area contributed by atoms with Gasteiger partial charge < -0.3 is 34.6 Å². The maximum absolute atomic E-state index is 12.6. The first-order chi connectivity index (χ1) is 16.7. The largest absolute Gasteiger partial charge is 0.493 e. The van der Waals surface area contributed by atoms with E-state index in [0.29, 0.717) is 31.1 Å². The van der Waals surface area contributed by atoms with Crippen molar-refractivity contribution >= 4 is 11.7 Å². The number of aromatic nitrogens is 1. The summed E-state index contributed by atoms with van der Waals surface area (Å²) in [5.74, 6) is 1.41. The number of rotatable bonds is 8. The third-order valence-electron chi connectivity index (χ3n) is 7.41. The van der Waals surface area contributed by atoms with Gasteiger partial charge in [0.2, 0.25) is 0 Å². The fourth-order valence-electron chi connectivity index (χ4n) is 4.91. The molecule has 4 atom stereocenters. The Labute approximate surface area is 205 Å². The van der Waals surface area contributed by atoms with Crippen molar-refractivity contribution in [3.8, 4) is 11.5 Å². The molecule has 1 aromatic carbocycles. The van der Waals surface area contributed by atoms with Crippen LogP contribution in [0.3, 0.4) is 0 Å². The molecule has 190 valence electrons. The number of aliphatic hydroxyl groups is 3. The molecule has 4 rings (SSSR count). The van der Waals surface area contributed by atoms with Crippen LogP contribution in [-0.4, -0.2) is 89.3 Å². The zero-order valence-electron chi connectivity index (χ0n) is 20.7. The standard InChI is InChI=1S/C26H35N3O6/c1-16-5-8-24(27-10-16)28-11-19(12-28)35-23-9-18(6-7-22(23)34-4)20-13-29(25(33)21(32)14-30)15-26(20,3)17(2)31/h5-10,17,19-21,30-32H,11-15H2,1-4H3. The SMILES string of the molecule is COc1ccc(C2CN(C(=O)C(O)CO)CC2(C)C(C)O)cc1OC1CN(c2ccc(C)cn2)C1. The number of hydrogen-bond donors (Lipinski definition) is 3. The highest BCUT2D eigenvalue weighted by Crippen LogP contribution is 2.47. The van der Waals surface area contributed by atoms with Gasteiger partial charge in [-0.25, -0.2) is 4.98 Å². The summed E-state index contributed by atoms with van der Waals surface area (Å²) < 4.78 is 11.8. The number of likely N-dealkylation sites (tertiary alicyclic amines) is 1. The number of carbonyl (C=O) groups is 1. The van der Waals surface area contributed by atoms with E-state index in [9.17, 15) is 20.1 Å². The number of methoxy groups -OCH3 is 1. The number of pyridine rings is 1. The number of amides is 1. The Morgan fingerprint density at radius 1 is 1.20 bits per heavy atom. The Hall–Kier alpha value is -2.88. The summed E-state index contributed by atoms with van der Waals surface area (Å²) >= 11 is 0. The van der Waals surface area contributed by atoms with Gasteiger partial charge >= 0.3 is 0 Å². The van der Waals surface area contributed by atoms with Crippen LogP contribution in [0.15, 0.2) is 36.5 Å². The molecule has 1 amide bonds. The van der Waals surface area contributed by atoms with Crippen LogP contribution in [0.1, 0.15) is 30.9 Å². The van der Waals surface area contributed by atoms with Crippen molar-refractivity contribution in [3.05, 3.63) is 47.7 Å². The first-order valence-corrected chi connectivity index (χ1v) is 11.9. The van der Waals surface area contributed by atoms with E-state index in [0.717, 1.165) is 16.9 Å². The molecule has 0 spiro atoms. The smallest absolute Gasteiger partial charge is 0.253 e. The van der Waals surface area contributed by atoms with Crippen LogP contribution < -0.4 is 14.4 Å². The molecule has 2 aliphatic rings. The van der Waals surface area contributed by atoms with Gasteiger partial charge in [-0.2, -0.15) is 0 Å². The van der Waals surface area contributed by atoms with Crippen molar-refractivity contribution in [2.24, 2.45) is 5.41 Å². The summed E-state index contributed by atoms with van der Waals surface area (Å²) in [6.07, 6.45) is -0.340. The predicted molar refractivity (Wildman–Crippen MR) is 131 cm³/mol. The summed E-state index contributed by atoms with van der Waals surface area (Å²) in [6.45, 7) is 7.03. The van der Waals surface area contributed by atoms with E-state index in [-0.39, 0.29) is 18.6 Å². The fourth-order valence-corrected chi connectivity index (χ4v) is 4.91. The Morgan fingerprint density at radius 3 is 2.54 bits per heavy atom. The zero-order valence-corrected chi connectivity index (χ0v) is 20.7. The molecule has 2 saturated heterocycles. The van der Waals surface area contributed by atoms with Gasteiger partial charge in [0, 0.05) is 30.6 Å². The molecule has 0 bridgehead atoms. The van der Waals surface area contributed by atoms with Gasteiger partial charge in [0.1, 0.15) is 11.9 Å². The minimum Gasteiger partial charge on any atom is -0.493 e. The lowest BCUT2D eigenvalue weighted by molar-refractivity contribution is -0.141. The van der Waals surface area contributed by atoms with Gasteiger partial charge in [-0.05, 0) is 43.2 Å². The molecule has 1 aromatic heterocycles. The van der Waals surface area contributed by atoms with E-state index >= 15 is 0 Å². The predicted octanol–water partition coefficient (Wildman–Crippen LogP) is 1.33. The molecule has 0 aliphatic carbocycles. The quantitative estimate of drug-likeness (QED) is 0.513. The zero-order chi connectivity index (χ0) is 25.3. The highest BCUT2D eigenvalue weighted by atomic mass is 16.5. The molecular weight excluding hydrogens is 450 g/mol. The molecule has 2 aliphatic heterocycles. The summed E-state index contributed by atoms with van der Waals surface area (Å²) in [5.41, 5.74) is 1.39. The van der Waals surface area contributed by atoms with Crippen molar-refractivity contribution < 1.29 is 29.6 Å². The molecular formula is C26H35N3O6. The number of carbonyl (C=O) groups excluding carboxylic acids is 1. The summed E-state index contributed by atoms with van der Waals surface area (Å²) in [6, 6.07) is 9.74. The van der Waals surface area contributed by atoms with Gasteiger partial charge in [-0.3, -0.25) is 4.79 Å². The lowest BCUT2D eigenvalue weighted by Gasteiger charge is -2.40. The van der Waals surface area contributed by atoms with E-state index < -0.39 is 30.1 Å². The Morgan fingerprint density at radius 2 is 1.94 bits per heavy atom. The van der Waals surface area contributed by atoms with Crippen molar-refractivity contribution in [1.82, 2.24) is 9.88 Å². The van der Waals surface area contributed by atoms with Gasteiger partial charge in [0.05, 0.1) is 32.9 Å². The number of aliphatic hydroxyl groups excluding tert-OH is 3. The summed E-state index contributed by atoms with van der Waals surface area (Å²) in [4.78, 5) is 20.7. The van der Waals surface area contributed by atoms with Gasteiger partial charge in [-0.1, -0.05) is 19.1 Å². The third-order valence-corrected chi connectivity index (χ3v) is 7.41. The average Bonchev–Trinajstić information content (AvgIpc) is 3.19. The molecule has 3 N–H and O–H groups in total. The fraction of sp³-hybridized carbons (Fsp3) is 0.538. The first-order valence-electron chi connectivity index (χ1n) is 11.9. The molecule has 0 saturated carbocycles. The highest BCUT2D eigenvalue weighted by Gasteiger charge is 2.49. The van der Waals surface area contributed by atoms with E-state index in [1.807, 2.05) is 50.4 Å². The van der Waals surface area contributed by atoms with Crippen molar-refractivity contribution in [3.63, 3.8) is 0 Å². The minimum atomic E-state index is -1.47. The molecule has 2 aromatic rings. The number of benzene rings is 1. The maximum Gasteiger partial charge on any atom is 0.253 e. The van der Waals surface area contributed by atoms with Gasteiger partial charge in [0.15, 0.2) is 17.6 Å². The van der Waals surface area contributed by atoms with Crippen molar-refractivity contribution in [1.29, 1.82) is 0 Å². The van der Waals surface area contributed by atoms with Crippen LogP contribution in [0, 0.1) is 12.3 Å². The molecule has 9 nitrogen and oxygen atoms in total. The lowest BCUT2D eigenvalue weighted by Crippen LogP contribution is -2.54. The van der Waals surface area contributed by atoms with E-state index in [4.69, 9.17) is 9.47 Å². The lowest BCUT2D eigenvalue weighted by atomic mass is 9.72. The summed E-state index contributed by atoms with van der Waals surface area (Å²) in [5, 5.41) is 29.7. The monoisotopic (exact) mass is 485 g/mol. The molecule has 35 heavy (non-hydrogen) atoms. The molecule has 3 heterocycles. The molecule has 0 radical (unpaired) electrons. The second-order valence-corrected chi connectivity index (χ2v) is 9.90. The van der Waals surface area contributed by atoms with Crippen molar-refractivity contribution in [2.75, 3.05) is 44.8 Å². The Balaban J connectivity index is 1.52. The number of hydrogen-bond acceptors (Lipinski definition) is 8. The van der Waals surface area contributed by atoms with Crippen LogP contribution in [0.2, 0.25) is 0 Å². The second-order valence-electron chi connectivity index (χ2n) is 9.90. The number of anilines is 1. The summed E-state index contributed by atoms with van der Waals surface area (Å²) in [7, 11) is 1.59. The van der Waals surface area contributed by atoms with Crippen LogP contribution in [0.25, 0.3) is 0 Å².